The van der Waals surface area contributed by atoms with Crippen LogP contribution in [-0.4, -0.2) is 56.6 Å². The Morgan fingerprint density at radius 3 is 1.05 bits per heavy atom. The van der Waals surface area contributed by atoms with Crippen LogP contribution in [0, 0.1) is 41.5 Å². The van der Waals surface area contributed by atoms with Gasteiger partial charge in [-0.2, -0.15) is 0 Å². The van der Waals surface area contributed by atoms with E-state index in [1.807, 2.05) is 0 Å². The number of hydrogen-bond acceptors (Lipinski definition) is 6. The zero-order chi connectivity index (χ0) is 42.8. The van der Waals surface area contributed by atoms with E-state index in [-0.39, 0.29) is 0 Å². The molecule has 0 spiro atoms. The lowest BCUT2D eigenvalue weighted by molar-refractivity contribution is 0.00578. The average Bonchev–Trinajstić information content (AvgIpc) is 3.98. The molecule has 7 heterocycles. The van der Waals surface area contributed by atoms with Gasteiger partial charge in [-0.25, -0.2) is 9.97 Å². The van der Waals surface area contributed by atoms with Gasteiger partial charge in [-0.1, -0.05) is 35.4 Å². The zero-order valence-electron chi connectivity index (χ0n) is 37.6. The molecule has 8 bridgehead atoms. The van der Waals surface area contributed by atoms with E-state index in [1.54, 1.807) is 0 Å². The standard InChI is InChI=1S/C50H56B2N4O4/c1-27-23-29(3)41(30(4)24-27)43-33-15-19-37(53-33)45(51-57-47(7,8)48(9,10)58-51)39-21-17-35(55-39)44(42-31(5)25-28(2)26-32(42)6)36-18-22-40(56-36)46(38-20-16-34(43)54-38)52-59-49(11,12)50(13,14)60-52/h15-26,53,55H,1-14H3. The third-order valence-electron chi connectivity index (χ3n) is 13.7. The van der Waals surface area contributed by atoms with Gasteiger partial charge in [0.2, 0.25) is 0 Å². The third-order valence-corrected chi connectivity index (χ3v) is 13.7. The van der Waals surface area contributed by atoms with Crippen molar-refractivity contribution in [3.05, 3.63) is 105 Å². The highest BCUT2D eigenvalue weighted by Gasteiger charge is 2.54. The van der Waals surface area contributed by atoms with E-state index in [1.165, 1.54) is 33.4 Å². The number of H-pyrrole nitrogens is 2. The van der Waals surface area contributed by atoms with E-state index >= 15 is 0 Å². The first-order valence-corrected chi connectivity index (χ1v) is 21.2. The van der Waals surface area contributed by atoms with Gasteiger partial charge < -0.3 is 28.6 Å². The summed E-state index contributed by atoms with van der Waals surface area (Å²) in [4.78, 5) is 18.7. The molecule has 9 rings (SSSR count). The lowest BCUT2D eigenvalue weighted by Crippen LogP contribution is -2.41. The molecule has 3 aromatic heterocycles. The molecule has 0 unspecified atom stereocenters. The van der Waals surface area contributed by atoms with Crippen LogP contribution >= 0.6 is 0 Å². The van der Waals surface area contributed by atoms with Gasteiger partial charge >= 0.3 is 14.2 Å². The van der Waals surface area contributed by atoms with Crippen LogP contribution in [0.1, 0.15) is 112 Å². The summed E-state index contributed by atoms with van der Waals surface area (Å²) in [7, 11) is -1.36. The number of aromatic amines is 2. The zero-order valence-corrected chi connectivity index (χ0v) is 37.6. The van der Waals surface area contributed by atoms with Gasteiger partial charge in [0.25, 0.3) is 0 Å². The highest BCUT2D eigenvalue weighted by molar-refractivity contribution is 6.66. The van der Waals surface area contributed by atoms with E-state index in [4.69, 9.17) is 28.6 Å². The summed E-state index contributed by atoms with van der Waals surface area (Å²) < 4.78 is 27.3. The van der Waals surface area contributed by atoms with Crippen molar-refractivity contribution in [2.24, 2.45) is 0 Å². The molecule has 0 amide bonds. The van der Waals surface area contributed by atoms with Crippen molar-refractivity contribution in [1.82, 2.24) is 19.9 Å². The summed E-state index contributed by atoms with van der Waals surface area (Å²) in [6.45, 7) is 29.7. The van der Waals surface area contributed by atoms with Crippen LogP contribution in [0.4, 0.5) is 0 Å². The highest BCUT2D eigenvalue weighted by Crippen LogP contribution is 2.41. The fourth-order valence-corrected chi connectivity index (χ4v) is 9.34. The van der Waals surface area contributed by atoms with Crippen LogP contribution in [0.3, 0.4) is 0 Å². The fraction of sp³-hybridized carbons (Fsp3) is 0.360. The van der Waals surface area contributed by atoms with Crippen molar-refractivity contribution in [3.8, 4) is 22.3 Å². The predicted octanol–water partition coefficient (Wildman–Crippen LogP) is 10.4. The highest BCUT2D eigenvalue weighted by atomic mass is 16.7. The molecular weight excluding hydrogens is 742 g/mol. The second-order valence-corrected chi connectivity index (χ2v) is 19.3. The summed E-state index contributed by atoms with van der Waals surface area (Å²) >= 11 is 0. The lowest BCUT2D eigenvalue weighted by Gasteiger charge is -2.32. The van der Waals surface area contributed by atoms with Crippen LogP contribution in [0.2, 0.25) is 0 Å². The summed E-state index contributed by atoms with van der Waals surface area (Å²) in [6.07, 6.45) is 8.40. The van der Waals surface area contributed by atoms with Gasteiger partial charge in [-0.05, 0) is 179 Å². The summed E-state index contributed by atoms with van der Waals surface area (Å²) in [5, 5.41) is 0. The van der Waals surface area contributed by atoms with Gasteiger partial charge in [-0.15, -0.1) is 0 Å². The van der Waals surface area contributed by atoms with Gasteiger partial charge in [-0.3, -0.25) is 0 Å². The van der Waals surface area contributed by atoms with Gasteiger partial charge in [0, 0.05) is 44.1 Å². The molecule has 0 aliphatic carbocycles. The molecule has 306 valence electrons. The number of fused-ring (bicyclic) bond motifs is 8. The molecule has 4 aliphatic rings. The molecule has 5 aromatic rings. The largest absolute Gasteiger partial charge is 0.499 e. The second kappa shape index (κ2) is 13.8. The Morgan fingerprint density at radius 2 is 0.700 bits per heavy atom. The van der Waals surface area contributed by atoms with Crippen LogP contribution in [0.5, 0.6) is 0 Å². The molecule has 2 N–H and O–H groups in total. The van der Waals surface area contributed by atoms with Crippen molar-refractivity contribution < 1.29 is 18.6 Å². The summed E-state index contributed by atoms with van der Waals surface area (Å²) in [5.74, 6) is 0. The van der Waals surface area contributed by atoms with Crippen LogP contribution in [0.25, 0.3) is 68.6 Å². The number of nitrogens with one attached hydrogen (secondary N) is 2. The molecule has 4 aliphatic heterocycles. The lowest BCUT2D eigenvalue weighted by atomic mass is 9.76. The number of aryl methyl sites for hydroxylation is 6. The maximum absolute atomic E-state index is 6.84. The number of nitrogens with zero attached hydrogens (tertiary/aromatic N) is 2. The van der Waals surface area contributed by atoms with Gasteiger partial charge in [0.1, 0.15) is 0 Å². The van der Waals surface area contributed by atoms with Crippen molar-refractivity contribution in [2.75, 3.05) is 0 Å². The number of hydrogen-bond donors (Lipinski definition) is 2. The third kappa shape index (κ3) is 6.46. The Labute approximate surface area is 355 Å². The Bertz CT molecular complexity index is 2640. The van der Waals surface area contributed by atoms with Crippen LogP contribution < -0.4 is 10.9 Å². The first kappa shape index (κ1) is 40.4. The second-order valence-electron chi connectivity index (χ2n) is 19.3. The predicted molar refractivity (Wildman–Crippen MR) is 250 cm³/mol. The van der Waals surface area contributed by atoms with Crippen molar-refractivity contribution in [2.45, 2.75) is 119 Å². The number of benzene rings is 2. The van der Waals surface area contributed by atoms with Crippen molar-refractivity contribution >= 4 is 71.5 Å². The Kier molecular flexibility index (Phi) is 9.27. The minimum absolute atomic E-state index is 0.553. The first-order chi connectivity index (χ1) is 28.1. The molecule has 8 nitrogen and oxygen atoms in total. The molecule has 2 aromatic carbocycles. The summed E-state index contributed by atoms with van der Waals surface area (Å²) in [6, 6.07) is 17.6. The fourth-order valence-electron chi connectivity index (χ4n) is 9.34. The quantitative estimate of drug-likeness (QED) is 0.172. The first-order valence-electron chi connectivity index (χ1n) is 21.2. The molecule has 10 heteroatoms. The van der Waals surface area contributed by atoms with E-state index < -0.39 is 36.6 Å². The molecular formula is C50H56B2N4O4. The monoisotopic (exact) mass is 798 g/mol. The normalized spacial score (nSPS) is 18.6. The SMILES string of the molecule is Cc1cc(C)c(-c2c3nc(c(B4OC(C)(C)C(C)(C)O4)c4nc(c(-c5c(C)cc(C)cc5C)c5ccc([nH]5)c(B5OC(C)(C)C(C)(C)O5)c5ccc2[nH]5)C=C4)C=C3)c(C)c1. The van der Waals surface area contributed by atoms with Crippen LogP contribution in [0.15, 0.2) is 48.5 Å². The molecule has 0 saturated carbocycles. The summed E-state index contributed by atoms with van der Waals surface area (Å²) in [5.41, 5.74) is 17.6. The van der Waals surface area contributed by atoms with E-state index in [0.717, 1.165) is 78.0 Å². The Morgan fingerprint density at radius 1 is 0.400 bits per heavy atom. The maximum Gasteiger partial charge on any atom is 0.499 e. The van der Waals surface area contributed by atoms with Crippen molar-refractivity contribution in [3.63, 3.8) is 0 Å². The van der Waals surface area contributed by atoms with Crippen molar-refractivity contribution in [1.29, 1.82) is 0 Å². The Balaban J connectivity index is 1.47. The molecule has 2 fully saturated rings. The van der Waals surface area contributed by atoms with Gasteiger partial charge in [0.05, 0.1) is 45.2 Å². The molecule has 2 saturated heterocycles. The molecule has 0 radical (unpaired) electrons. The van der Waals surface area contributed by atoms with Gasteiger partial charge in [0.15, 0.2) is 0 Å². The molecule has 0 atom stereocenters. The van der Waals surface area contributed by atoms with E-state index in [2.05, 4.69) is 180 Å². The number of aromatic nitrogens is 4. The van der Waals surface area contributed by atoms with E-state index in [9.17, 15) is 0 Å². The molecule has 60 heavy (non-hydrogen) atoms. The minimum Gasteiger partial charge on any atom is -0.399 e. The number of rotatable bonds is 4. The minimum atomic E-state index is -0.705. The van der Waals surface area contributed by atoms with Crippen LogP contribution in [-0.2, 0) is 18.6 Å². The average molecular weight is 799 g/mol. The smallest absolute Gasteiger partial charge is 0.399 e. The Hall–Kier alpha value is -4.99. The maximum atomic E-state index is 6.84. The topological polar surface area (TPSA) is 94.3 Å². The van der Waals surface area contributed by atoms with E-state index in [0.29, 0.717) is 0 Å².